The first-order valence-electron chi connectivity index (χ1n) is 7.71. The second-order valence-corrected chi connectivity index (χ2v) is 5.90. The average molecular weight is 284 g/mol. The predicted molar refractivity (Wildman–Crippen MR) is 78.5 cm³/mol. The molecule has 3 N–H and O–H groups in total. The zero-order valence-electron chi connectivity index (χ0n) is 12.7. The quantitative estimate of drug-likeness (QED) is 0.636. The number of amides is 1. The van der Waals surface area contributed by atoms with Crippen molar-refractivity contribution in [3.8, 4) is 0 Å². The van der Waals surface area contributed by atoms with Crippen LogP contribution in [0, 0.1) is 5.92 Å². The number of carboxylic acids is 1. The molecule has 0 aromatic carbocycles. The molecule has 0 saturated heterocycles. The Bertz CT molecular complexity index is 325. The molecule has 0 aliphatic heterocycles. The number of hydrogen-bond acceptors (Lipinski definition) is 3. The molecule has 1 rings (SSSR count). The second kappa shape index (κ2) is 8.25. The van der Waals surface area contributed by atoms with Gasteiger partial charge in [-0.15, -0.1) is 0 Å². The molecule has 1 saturated carbocycles. The Kier molecular flexibility index (Phi) is 6.99. The van der Waals surface area contributed by atoms with Gasteiger partial charge in [0.1, 0.15) is 0 Å². The van der Waals surface area contributed by atoms with Crippen LogP contribution in [0.5, 0.6) is 0 Å². The lowest BCUT2D eigenvalue weighted by Crippen LogP contribution is -2.48. The molecule has 0 aromatic heterocycles. The number of carbonyl (C=O) groups is 2. The van der Waals surface area contributed by atoms with E-state index in [0.29, 0.717) is 12.8 Å². The predicted octanol–water partition coefficient (Wildman–Crippen LogP) is 1.92. The molecule has 1 aliphatic carbocycles. The number of carboxylic acid groups (broad SMARTS) is 1. The van der Waals surface area contributed by atoms with Crippen molar-refractivity contribution in [2.24, 2.45) is 5.92 Å². The Balaban J connectivity index is 2.43. The highest BCUT2D eigenvalue weighted by atomic mass is 16.4. The van der Waals surface area contributed by atoms with Crippen molar-refractivity contribution in [2.75, 3.05) is 13.6 Å². The molecule has 1 unspecified atom stereocenters. The van der Waals surface area contributed by atoms with Crippen LogP contribution in [-0.2, 0) is 9.59 Å². The van der Waals surface area contributed by atoms with E-state index in [1.165, 1.54) is 6.42 Å². The number of carbonyl (C=O) groups excluding carboxylic acids is 1. The molecule has 0 heterocycles. The largest absolute Gasteiger partial charge is 0.481 e. The van der Waals surface area contributed by atoms with Gasteiger partial charge in [0.15, 0.2) is 0 Å². The molecule has 0 spiro atoms. The Morgan fingerprint density at radius 1 is 1.25 bits per heavy atom. The van der Waals surface area contributed by atoms with Crippen LogP contribution in [0.1, 0.15) is 58.3 Å². The molecule has 20 heavy (non-hydrogen) atoms. The first-order chi connectivity index (χ1) is 9.53. The SMILES string of the molecule is CCCC(CNC(=O)CC1(NC)CCCCC1)C(=O)O. The van der Waals surface area contributed by atoms with Crippen molar-refractivity contribution < 1.29 is 14.7 Å². The number of rotatable bonds is 8. The molecule has 5 heteroatoms. The standard InChI is InChI=1S/C15H28N2O3/c1-3-7-12(14(19)20)11-17-13(18)10-15(16-2)8-5-4-6-9-15/h12,16H,3-11H2,1-2H3,(H,17,18)(H,19,20). The number of hydrogen-bond donors (Lipinski definition) is 3. The van der Waals surface area contributed by atoms with E-state index in [2.05, 4.69) is 10.6 Å². The van der Waals surface area contributed by atoms with Crippen molar-refractivity contribution in [1.82, 2.24) is 10.6 Å². The summed E-state index contributed by atoms with van der Waals surface area (Å²) in [4.78, 5) is 23.1. The van der Waals surface area contributed by atoms with Gasteiger partial charge in [-0.3, -0.25) is 9.59 Å². The number of aliphatic carboxylic acids is 1. The molecule has 1 amide bonds. The van der Waals surface area contributed by atoms with Gasteiger partial charge in [-0.1, -0.05) is 32.6 Å². The van der Waals surface area contributed by atoms with Gasteiger partial charge in [0.2, 0.25) is 5.91 Å². The van der Waals surface area contributed by atoms with Crippen LogP contribution in [0.15, 0.2) is 0 Å². The summed E-state index contributed by atoms with van der Waals surface area (Å²) in [6.07, 6.45) is 7.45. The van der Waals surface area contributed by atoms with E-state index in [9.17, 15) is 9.59 Å². The van der Waals surface area contributed by atoms with E-state index in [4.69, 9.17) is 5.11 Å². The second-order valence-electron chi connectivity index (χ2n) is 5.90. The monoisotopic (exact) mass is 284 g/mol. The fourth-order valence-electron chi connectivity index (χ4n) is 3.01. The van der Waals surface area contributed by atoms with Gasteiger partial charge in [0, 0.05) is 18.5 Å². The van der Waals surface area contributed by atoms with Gasteiger partial charge in [0.25, 0.3) is 0 Å². The topological polar surface area (TPSA) is 78.4 Å². The van der Waals surface area contributed by atoms with Crippen LogP contribution >= 0.6 is 0 Å². The molecule has 0 radical (unpaired) electrons. The van der Waals surface area contributed by atoms with Crippen LogP contribution in [-0.4, -0.2) is 36.1 Å². The van der Waals surface area contributed by atoms with Crippen molar-refractivity contribution in [3.05, 3.63) is 0 Å². The summed E-state index contributed by atoms with van der Waals surface area (Å²) in [6.45, 7) is 2.19. The Morgan fingerprint density at radius 3 is 2.40 bits per heavy atom. The first kappa shape index (κ1) is 17.0. The van der Waals surface area contributed by atoms with Gasteiger partial charge in [0.05, 0.1) is 5.92 Å². The van der Waals surface area contributed by atoms with Gasteiger partial charge in [-0.25, -0.2) is 0 Å². The third kappa shape index (κ3) is 5.12. The summed E-state index contributed by atoms with van der Waals surface area (Å²) in [5, 5.41) is 15.2. The Morgan fingerprint density at radius 2 is 1.90 bits per heavy atom. The van der Waals surface area contributed by atoms with Gasteiger partial charge in [-0.05, 0) is 26.3 Å². The summed E-state index contributed by atoms with van der Waals surface area (Å²) in [5.74, 6) is -1.34. The molecule has 0 aromatic rings. The zero-order valence-corrected chi connectivity index (χ0v) is 12.7. The molecular weight excluding hydrogens is 256 g/mol. The van der Waals surface area contributed by atoms with Gasteiger partial charge < -0.3 is 15.7 Å². The molecule has 0 bridgehead atoms. The molecular formula is C15H28N2O3. The van der Waals surface area contributed by atoms with Crippen molar-refractivity contribution in [3.63, 3.8) is 0 Å². The number of nitrogens with one attached hydrogen (secondary N) is 2. The minimum absolute atomic E-state index is 0.0383. The minimum Gasteiger partial charge on any atom is -0.481 e. The van der Waals surface area contributed by atoms with E-state index >= 15 is 0 Å². The highest BCUT2D eigenvalue weighted by Crippen LogP contribution is 2.30. The van der Waals surface area contributed by atoms with Crippen LogP contribution in [0.25, 0.3) is 0 Å². The molecule has 5 nitrogen and oxygen atoms in total. The van der Waals surface area contributed by atoms with Crippen molar-refractivity contribution in [2.45, 2.75) is 63.8 Å². The molecule has 1 atom stereocenters. The average Bonchev–Trinajstić information content (AvgIpc) is 2.44. The van der Waals surface area contributed by atoms with E-state index in [1.807, 2.05) is 14.0 Å². The highest BCUT2D eigenvalue weighted by molar-refractivity contribution is 5.78. The summed E-state index contributed by atoms with van der Waals surface area (Å²) < 4.78 is 0. The molecule has 116 valence electrons. The maximum atomic E-state index is 12.1. The van der Waals surface area contributed by atoms with E-state index in [0.717, 1.165) is 32.1 Å². The molecule has 1 fully saturated rings. The van der Waals surface area contributed by atoms with Crippen molar-refractivity contribution >= 4 is 11.9 Å². The maximum absolute atomic E-state index is 12.1. The smallest absolute Gasteiger partial charge is 0.308 e. The molecule has 1 aliphatic rings. The first-order valence-corrected chi connectivity index (χ1v) is 7.71. The maximum Gasteiger partial charge on any atom is 0.308 e. The normalized spacial score (nSPS) is 19.3. The lowest BCUT2D eigenvalue weighted by atomic mass is 9.79. The van der Waals surface area contributed by atoms with Gasteiger partial charge in [-0.2, -0.15) is 0 Å². The van der Waals surface area contributed by atoms with Crippen LogP contribution in [0.3, 0.4) is 0 Å². The van der Waals surface area contributed by atoms with E-state index < -0.39 is 11.9 Å². The van der Waals surface area contributed by atoms with Gasteiger partial charge >= 0.3 is 5.97 Å². The van der Waals surface area contributed by atoms with E-state index in [-0.39, 0.29) is 18.0 Å². The minimum atomic E-state index is -0.826. The Hall–Kier alpha value is -1.10. The fourth-order valence-corrected chi connectivity index (χ4v) is 3.01. The van der Waals surface area contributed by atoms with Crippen LogP contribution in [0.2, 0.25) is 0 Å². The van der Waals surface area contributed by atoms with Crippen molar-refractivity contribution in [1.29, 1.82) is 0 Å². The Labute approximate surface area is 121 Å². The fraction of sp³-hybridized carbons (Fsp3) is 0.867. The third-order valence-electron chi connectivity index (χ3n) is 4.37. The zero-order chi connectivity index (χ0) is 15.0. The summed E-state index contributed by atoms with van der Waals surface area (Å²) in [6, 6.07) is 0. The summed E-state index contributed by atoms with van der Waals surface area (Å²) in [5.41, 5.74) is -0.0915. The summed E-state index contributed by atoms with van der Waals surface area (Å²) >= 11 is 0. The van der Waals surface area contributed by atoms with E-state index in [1.54, 1.807) is 0 Å². The van der Waals surface area contributed by atoms with Crippen LogP contribution < -0.4 is 10.6 Å². The lowest BCUT2D eigenvalue weighted by molar-refractivity contribution is -0.142. The third-order valence-corrected chi connectivity index (χ3v) is 4.37. The lowest BCUT2D eigenvalue weighted by Gasteiger charge is -2.36. The highest BCUT2D eigenvalue weighted by Gasteiger charge is 2.32. The van der Waals surface area contributed by atoms with Crippen LogP contribution in [0.4, 0.5) is 0 Å². The summed E-state index contributed by atoms with van der Waals surface area (Å²) in [7, 11) is 1.91.